The molecule has 0 saturated carbocycles. The van der Waals surface area contributed by atoms with Gasteiger partial charge in [-0.3, -0.25) is 0 Å². The van der Waals surface area contributed by atoms with Crippen molar-refractivity contribution < 1.29 is 26.7 Å². The van der Waals surface area contributed by atoms with E-state index in [2.05, 4.69) is 4.40 Å². The topological polar surface area (TPSA) is 69.6 Å². The Bertz CT molecular complexity index is 356. The standard InChI is InChI=1S/C7H12F3NO3S/c1-4-6(2,3)5(12)11-15(13,14)7(8,9)10/h4H2,1-3H3,(H,11,12)/p-1. The molecule has 0 heterocycles. The van der Waals surface area contributed by atoms with Crippen molar-refractivity contribution >= 4 is 15.9 Å². The fraction of sp³-hybridized carbons (Fsp3) is 0.857. The first-order chi connectivity index (χ1) is 6.44. The summed E-state index contributed by atoms with van der Waals surface area (Å²) in [4.78, 5) is 0. The zero-order valence-corrected chi connectivity index (χ0v) is 9.24. The molecule has 90 valence electrons. The molecular formula is C7H11F3NO3S-. The number of hydrogen-bond acceptors (Lipinski definition) is 3. The van der Waals surface area contributed by atoms with E-state index in [-0.39, 0.29) is 6.42 Å². The van der Waals surface area contributed by atoms with Crippen LogP contribution in [0.4, 0.5) is 13.2 Å². The van der Waals surface area contributed by atoms with Gasteiger partial charge < -0.3 is 5.11 Å². The van der Waals surface area contributed by atoms with E-state index in [1.165, 1.54) is 13.8 Å². The molecule has 0 radical (unpaired) electrons. The van der Waals surface area contributed by atoms with Crippen LogP contribution in [0.15, 0.2) is 4.40 Å². The van der Waals surface area contributed by atoms with Crippen LogP contribution in [0.1, 0.15) is 27.2 Å². The Morgan fingerprint density at radius 3 is 2.00 bits per heavy atom. The molecule has 0 amide bonds. The number of sulfonamides is 1. The SMILES string of the molecule is CCC(C)(C)/C([O-])=N/S(=O)(=O)C(F)(F)F. The number of rotatable bonds is 3. The van der Waals surface area contributed by atoms with Crippen LogP contribution in [-0.4, -0.2) is 19.8 Å². The van der Waals surface area contributed by atoms with E-state index in [0.717, 1.165) is 0 Å². The molecule has 0 bridgehead atoms. The van der Waals surface area contributed by atoms with Crippen molar-refractivity contribution in [1.82, 2.24) is 0 Å². The molecule has 0 aliphatic rings. The maximum atomic E-state index is 11.9. The molecule has 0 aliphatic heterocycles. The van der Waals surface area contributed by atoms with E-state index < -0.39 is 26.8 Å². The Morgan fingerprint density at radius 1 is 1.33 bits per heavy atom. The second-order valence-electron chi connectivity index (χ2n) is 3.55. The van der Waals surface area contributed by atoms with Gasteiger partial charge >= 0.3 is 15.5 Å². The van der Waals surface area contributed by atoms with E-state index >= 15 is 0 Å². The lowest BCUT2D eigenvalue weighted by Crippen LogP contribution is -2.37. The average Bonchev–Trinajstić information content (AvgIpc) is 2.01. The minimum atomic E-state index is -5.71. The Morgan fingerprint density at radius 2 is 1.73 bits per heavy atom. The van der Waals surface area contributed by atoms with Crippen molar-refractivity contribution in [2.24, 2.45) is 9.81 Å². The van der Waals surface area contributed by atoms with E-state index in [9.17, 15) is 26.7 Å². The van der Waals surface area contributed by atoms with Gasteiger partial charge in [0.1, 0.15) is 0 Å². The van der Waals surface area contributed by atoms with Crippen LogP contribution in [0.2, 0.25) is 0 Å². The van der Waals surface area contributed by atoms with Crippen LogP contribution in [0.25, 0.3) is 0 Å². The average molecular weight is 246 g/mol. The minimum Gasteiger partial charge on any atom is -0.861 e. The fourth-order valence-corrected chi connectivity index (χ4v) is 1.00. The van der Waals surface area contributed by atoms with Crippen LogP contribution < -0.4 is 5.11 Å². The molecule has 0 aromatic heterocycles. The van der Waals surface area contributed by atoms with Gasteiger partial charge in [0, 0.05) is 0 Å². The largest absolute Gasteiger partial charge is 0.861 e. The normalized spacial score (nSPS) is 15.5. The van der Waals surface area contributed by atoms with Gasteiger partial charge in [0.25, 0.3) is 0 Å². The smallest absolute Gasteiger partial charge is 0.518 e. The van der Waals surface area contributed by atoms with Crippen LogP contribution in [0.3, 0.4) is 0 Å². The highest BCUT2D eigenvalue weighted by atomic mass is 32.2. The number of hydrogen-bond donors (Lipinski definition) is 0. The van der Waals surface area contributed by atoms with E-state index in [1.807, 2.05) is 0 Å². The second kappa shape index (κ2) is 3.99. The summed E-state index contributed by atoms with van der Waals surface area (Å²) in [5.74, 6) is -1.29. The molecule has 0 atom stereocenters. The van der Waals surface area contributed by atoms with E-state index in [4.69, 9.17) is 0 Å². The molecule has 0 saturated heterocycles. The molecule has 0 spiro atoms. The molecule has 0 unspecified atom stereocenters. The Balaban J connectivity index is 5.27. The quantitative estimate of drug-likeness (QED) is 0.551. The number of alkyl halides is 3. The third-order valence-corrected chi connectivity index (χ3v) is 2.95. The summed E-state index contributed by atoms with van der Waals surface area (Å²) < 4.78 is 58.8. The molecule has 0 fully saturated rings. The van der Waals surface area contributed by atoms with Crippen molar-refractivity contribution in [2.75, 3.05) is 0 Å². The molecule has 0 aromatic carbocycles. The van der Waals surface area contributed by atoms with Crippen molar-refractivity contribution in [3.8, 4) is 0 Å². The van der Waals surface area contributed by atoms with E-state index in [0.29, 0.717) is 0 Å². The number of nitrogens with zero attached hydrogens (tertiary/aromatic N) is 1. The van der Waals surface area contributed by atoms with Crippen molar-refractivity contribution in [1.29, 1.82) is 0 Å². The third kappa shape index (κ3) is 3.37. The third-order valence-electron chi connectivity index (χ3n) is 1.96. The van der Waals surface area contributed by atoms with Gasteiger partial charge in [0.05, 0.1) is 0 Å². The lowest BCUT2D eigenvalue weighted by molar-refractivity contribution is -0.229. The predicted molar refractivity (Wildman–Crippen MR) is 46.5 cm³/mol. The van der Waals surface area contributed by atoms with Crippen molar-refractivity contribution in [3.05, 3.63) is 0 Å². The molecule has 0 aliphatic carbocycles. The summed E-state index contributed by atoms with van der Waals surface area (Å²) in [6.45, 7) is 4.20. The monoisotopic (exact) mass is 246 g/mol. The van der Waals surface area contributed by atoms with Gasteiger partial charge in [-0.15, -0.1) is 0 Å². The summed E-state index contributed by atoms with van der Waals surface area (Å²) in [5.41, 5.74) is -6.73. The maximum absolute atomic E-state index is 11.9. The van der Waals surface area contributed by atoms with Crippen LogP contribution in [0.5, 0.6) is 0 Å². The summed E-state index contributed by atoms with van der Waals surface area (Å²) in [7, 11) is -5.71. The van der Waals surface area contributed by atoms with Crippen molar-refractivity contribution in [3.63, 3.8) is 0 Å². The highest BCUT2D eigenvalue weighted by Gasteiger charge is 2.46. The molecular weight excluding hydrogens is 235 g/mol. The lowest BCUT2D eigenvalue weighted by atomic mass is 9.90. The summed E-state index contributed by atoms with van der Waals surface area (Å²) >= 11 is 0. The zero-order chi connectivity index (χ0) is 12.5. The van der Waals surface area contributed by atoms with Crippen molar-refractivity contribution in [2.45, 2.75) is 32.7 Å². The molecule has 0 rings (SSSR count). The predicted octanol–water partition coefficient (Wildman–Crippen LogP) is 1.03. The summed E-state index contributed by atoms with van der Waals surface area (Å²) in [5, 5.41) is 11.1. The first-order valence-corrected chi connectivity index (χ1v) is 5.47. The molecule has 15 heavy (non-hydrogen) atoms. The molecule has 0 aromatic rings. The lowest BCUT2D eigenvalue weighted by Gasteiger charge is -2.28. The van der Waals surface area contributed by atoms with Gasteiger partial charge in [-0.2, -0.15) is 26.0 Å². The summed E-state index contributed by atoms with van der Waals surface area (Å²) in [6.07, 6.45) is 0.197. The van der Waals surface area contributed by atoms with Gasteiger partial charge in [-0.05, 0) is 17.7 Å². The van der Waals surface area contributed by atoms with Gasteiger partial charge in [0.15, 0.2) is 0 Å². The first kappa shape index (κ1) is 14.2. The number of halogens is 3. The van der Waals surface area contributed by atoms with Gasteiger partial charge in [0.2, 0.25) is 0 Å². The summed E-state index contributed by atoms with van der Waals surface area (Å²) in [6, 6.07) is 0. The Labute approximate surface area is 85.9 Å². The second-order valence-corrected chi connectivity index (χ2v) is 5.15. The Kier molecular flexibility index (Phi) is 3.78. The molecule has 8 heteroatoms. The highest BCUT2D eigenvalue weighted by molar-refractivity contribution is 7.91. The minimum absolute atomic E-state index is 0.197. The Hall–Kier alpha value is -0.790. The maximum Gasteiger partial charge on any atom is 0.518 e. The first-order valence-electron chi connectivity index (χ1n) is 4.03. The highest BCUT2D eigenvalue weighted by Crippen LogP contribution is 2.27. The van der Waals surface area contributed by atoms with Gasteiger partial charge in [-0.25, -0.2) is 0 Å². The van der Waals surface area contributed by atoms with Crippen LogP contribution in [0, 0.1) is 5.41 Å². The molecule has 0 N–H and O–H groups in total. The fourth-order valence-electron chi connectivity index (χ4n) is 0.436. The van der Waals surface area contributed by atoms with Crippen LogP contribution in [-0.2, 0) is 10.0 Å². The van der Waals surface area contributed by atoms with E-state index in [1.54, 1.807) is 6.92 Å². The van der Waals surface area contributed by atoms with Gasteiger partial charge in [-0.1, -0.05) is 20.8 Å². The molecule has 4 nitrogen and oxygen atoms in total. The van der Waals surface area contributed by atoms with Crippen LogP contribution >= 0.6 is 0 Å². The zero-order valence-electron chi connectivity index (χ0n) is 8.42.